The normalized spacial score (nSPS) is 12.9. The van der Waals surface area contributed by atoms with E-state index in [1.807, 2.05) is 0 Å². The first kappa shape index (κ1) is 17.4. The third-order valence-electron chi connectivity index (χ3n) is 3.58. The third kappa shape index (κ3) is 5.04. The fraction of sp³-hybridized carbons (Fsp3) is 0.625. The predicted molar refractivity (Wildman–Crippen MR) is 84.6 cm³/mol. The molecule has 20 heavy (non-hydrogen) atoms. The number of hydrogen-bond donors (Lipinski definition) is 1. The molecule has 0 saturated heterocycles. The lowest BCUT2D eigenvalue weighted by atomic mass is 10.0. The Labute approximate surface area is 127 Å². The summed E-state index contributed by atoms with van der Waals surface area (Å²) in [5, 5.41) is 0.561. The molecule has 1 aromatic rings. The summed E-state index contributed by atoms with van der Waals surface area (Å²) in [5.41, 5.74) is 6.53. The molecule has 1 unspecified atom stereocenters. The van der Waals surface area contributed by atoms with Gasteiger partial charge in [0.1, 0.15) is 5.82 Å². The van der Waals surface area contributed by atoms with Crippen LogP contribution in [-0.4, -0.2) is 24.5 Å². The van der Waals surface area contributed by atoms with E-state index < -0.39 is 0 Å². The van der Waals surface area contributed by atoms with Crippen molar-refractivity contribution in [1.29, 1.82) is 0 Å². The molecule has 114 valence electrons. The maximum Gasteiger partial charge on any atom is 0.128 e. The van der Waals surface area contributed by atoms with Gasteiger partial charge in [-0.25, -0.2) is 4.39 Å². The second-order valence-electron chi connectivity index (χ2n) is 5.16. The van der Waals surface area contributed by atoms with Crippen molar-refractivity contribution in [1.82, 2.24) is 4.90 Å². The van der Waals surface area contributed by atoms with E-state index in [-0.39, 0.29) is 11.9 Å². The van der Waals surface area contributed by atoms with Crippen molar-refractivity contribution in [2.75, 3.05) is 19.6 Å². The van der Waals surface area contributed by atoms with Crippen molar-refractivity contribution in [3.8, 4) is 0 Å². The highest BCUT2D eigenvalue weighted by molar-refractivity contribution is 6.30. The van der Waals surface area contributed by atoms with Crippen LogP contribution in [0.3, 0.4) is 0 Å². The lowest BCUT2D eigenvalue weighted by molar-refractivity contribution is 0.192. The summed E-state index contributed by atoms with van der Waals surface area (Å²) in [4.78, 5) is 2.29. The third-order valence-corrected chi connectivity index (χ3v) is 3.81. The molecule has 0 spiro atoms. The van der Waals surface area contributed by atoms with Crippen LogP contribution in [0.4, 0.5) is 4.39 Å². The van der Waals surface area contributed by atoms with E-state index in [1.165, 1.54) is 6.07 Å². The molecule has 0 radical (unpaired) electrons. The number of nitrogens with zero attached hydrogens (tertiary/aromatic N) is 1. The van der Waals surface area contributed by atoms with Crippen molar-refractivity contribution in [3.63, 3.8) is 0 Å². The fourth-order valence-electron chi connectivity index (χ4n) is 2.39. The van der Waals surface area contributed by atoms with E-state index in [0.29, 0.717) is 17.1 Å². The molecular weight excluding hydrogens is 275 g/mol. The number of benzene rings is 1. The van der Waals surface area contributed by atoms with Crippen molar-refractivity contribution in [2.45, 2.75) is 45.6 Å². The minimum absolute atomic E-state index is 0.0909. The van der Waals surface area contributed by atoms with E-state index >= 15 is 0 Å². The summed E-state index contributed by atoms with van der Waals surface area (Å²) in [6, 6.07) is 4.63. The Morgan fingerprint density at radius 1 is 1.20 bits per heavy atom. The molecule has 1 rings (SSSR count). The summed E-state index contributed by atoms with van der Waals surface area (Å²) in [6.07, 6.45) is 4.45. The summed E-state index contributed by atoms with van der Waals surface area (Å²) in [6.45, 7) is 6.63. The predicted octanol–water partition coefficient (Wildman–Crippen LogP) is 4.38. The molecular formula is C16H26ClFN2. The maximum absolute atomic E-state index is 14.1. The summed E-state index contributed by atoms with van der Waals surface area (Å²) >= 11 is 6.01. The molecule has 0 saturated carbocycles. The summed E-state index contributed by atoms with van der Waals surface area (Å²) < 4.78 is 14.1. The summed E-state index contributed by atoms with van der Waals surface area (Å²) in [5.74, 6) is -0.220. The Kier molecular flexibility index (Phi) is 8.12. The molecule has 4 heteroatoms. The van der Waals surface area contributed by atoms with Gasteiger partial charge in [-0.1, -0.05) is 38.3 Å². The summed E-state index contributed by atoms with van der Waals surface area (Å²) in [7, 11) is 0. The topological polar surface area (TPSA) is 29.3 Å². The van der Waals surface area contributed by atoms with E-state index in [0.717, 1.165) is 38.8 Å². The number of nitrogens with two attached hydrogens (primary N) is 1. The zero-order valence-corrected chi connectivity index (χ0v) is 13.3. The molecule has 0 amide bonds. The monoisotopic (exact) mass is 300 g/mol. The van der Waals surface area contributed by atoms with Gasteiger partial charge < -0.3 is 5.73 Å². The molecule has 2 N–H and O–H groups in total. The van der Waals surface area contributed by atoms with Crippen LogP contribution in [0.5, 0.6) is 0 Å². The molecule has 0 aliphatic carbocycles. The van der Waals surface area contributed by atoms with Gasteiger partial charge in [-0.3, -0.25) is 4.90 Å². The van der Waals surface area contributed by atoms with Gasteiger partial charge in [-0.15, -0.1) is 0 Å². The number of hydrogen-bond acceptors (Lipinski definition) is 2. The second-order valence-corrected chi connectivity index (χ2v) is 5.60. The van der Waals surface area contributed by atoms with Gasteiger partial charge in [0.05, 0.1) is 0 Å². The number of halogens is 2. The highest BCUT2D eigenvalue weighted by atomic mass is 35.5. The fourth-order valence-corrected chi connectivity index (χ4v) is 2.57. The standard InChI is InChI=1S/C16H26ClFN2/c1-3-5-9-20(10-6-4-2)16(12-19)14-11-13(17)7-8-15(14)18/h7-8,11,16H,3-6,9-10,12,19H2,1-2H3. The van der Waals surface area contributed by atoms with Crippen LogP contribution >= 0.6 is 11.6 Å². The zero-order valence-electron chi connectivity index (χ0n) is 12.5. The molecule has 2 nitrogen and oxygen atoms in total. The van der Waals surface area contributed by atoms with E-state index in [1.54, 1.807) is 12.1 Å². The number of rotatable bonds is 9. The molecule has 1 aromatic carbocycles. The number of unbranched alkanes of at least 4 members (excludes halogenated alkanes) is 2. The van der Waals surface area contributed by atoms with Crippen LogP contribution in [0.25, 0.3) is 0 Å². The Hall–Kier alpha value is -0.640. The van der Waals surface area contributed by atoms with Crippen molar-refractivity contribution >= 4 is 11.6 Å². The SMILES string of the molecule is CCCCN(CCCC)C(CN)c1cc(Cl)ccc1F. The van der Waals surface area contributed by atoms with Crippen molar-refractivity contribution < 1.29 is 4.39 Å². The van der Waals surface area contributed by atoms with Gasteiger partial charge in [0.25, 0.3) is 0 Å². The largest absolute Gasteiger partial charge is 0.329 e. The molecule has 0 heterocycles. The Morgan fingerprint density at radius 3 is 2.30 bits per heavy atom. The molecule has 1 atom stereocenters. The Balaban J connectivity index is 2.94. The van der Waals surface area contributed by atoms with E-state index in [9.17, 15) is 4.39 Å². The Bertz CT molecular complexity index is 390. The lowest BCUT2D eigenvalue weighted by Crippen LogP contribution is -2.36. The van der Waals surface area contributed by atoms with Crippen LogP contribution in [0, 0.1) is 5.82 Å². The van der Waals surface area contributed by atoms with Crippen LogP contribution in [0.15, 0.2) is 18.2 Å². The van der Waals surface area contributed by atoms with Crippen LogP contribution in [0.2, 0.25) is 5.02 Å². The molecule has 0 fully saturated rings. The van der Waals surface area contributed by atoms with Crippen LogP contribution in [-0.2, 0) is 0 Å². The highest BCUT2D eigenvalue weighted by Crippen LogP contribution is 2.26. The molecule has 0 aromatic heterocycles. The van der Waals surface area contributed by atoms with Gasteiger partial charge >= 0.3 is 0 Å². The lowest BCUT2D eigenvalue weighted by Gasteiger charge is -2.31. The average Bonchev–Trinajstić information content (AvgIpc) is 2.45. The minimum atomic E-state index is -0.220. The van der Waals surface area contributed by atoms with Gasteiger partial charge in [0, 0.05) is 23.2 Å². The smallest absolute Gasteiger partial charge is 0.128 e. The first-order valence-electron chi connectivity index (χ1n) is 7.53. The Morgan fingerprint density at radius 2 is 1.80 bits per heavy atom. The van der Waals surface area contributed by atoms with Gasteiger partial charge in [0.15, 0.2) is 0 Å². The van der Waals surface area contributed by atoms with Crippen molar-refractivity contribution in [2.24, 2.45) is 5.73 Å². The molecule has 0 bridgehead atoms. The van der Waals surface area contributed by atoms with Gasteiger partial charge in [0.2, 0.25) is 0 Å². The van der Waals surface area contributed by atoms with Crippen LogP contribution in [0.1, 0.15) is 51.1 Å². The molecule has 0 aliphatic rings. The highest BCUT2D eigenvalue weighted by Gasteiger charge is 2.21. The molecule has 0 aliphatic heterocycles. The van der Waals surface area contributed by atoms with Crippen molar-refractivity contribution in [3.05, 3.63) is 34.6 Å². The van der Waals surface area contributed by atoms with Crippen LogP contribution < -0.4 is 5.73 Å². The van der Waals surface area contributed by atoms with Gasteiger partial charge in [-0.05, 0) is 44.1 Å². The maximum atomic E-state index is 14.1. The van der Waals surface area contributed by atoms with Gasteiger partial charge in [-0.2, -0.15) is 0 Å². The zero-order chi connectivity index (χ0) is 15.0. The van der Waals surface area contributed by atoms with E-state index in [2.05, 4.69) is 18.7 Å². The minimum Gasteiger partial charge on any atom is -0.329 e. The average molecular weight is 301 g/mol. The first-order chi connectivity index (χ1) is 9.63. The second kappa shape index (κ2) is 9.32. The quantitative estimate of drug-likeness (QED) is 0.733. The van der Waals surface area contributed by atoms with E-state index in [4.69, 9.17) is 17.3 Å². The first-order valence-corrected chi connectivity index (χ1v) is 7.90.